The van der Waals surface area contributed by atoms with Crippen LogP contribution in [0.15, 0.2) is 60.9 Å². The average Bonchev–Trinajstić information content (AvgIpc) is 2.93. The molecule has 0 atom stereocenters. The van der Waals surface area contributed by atoms with E-state index in [1.807, 2.05) is 49.4 Å². The zero-order valence-corrected chi connectivity index (χ0v) is 21.1. The number of carbonyl (C=O) groups is 2. The highest BCUT2D eigenvalue weighted by Gasteiger charge is 2.15. The summed E-state index contributed by atoms with van der Waals surface area (Å²) in [6.45, 7) is 8.41. The number of rotatable bonds is 10. The zero-order valence-electron chi connectivity index (χ0n) is 21.1. The van der Waals surface area contributed by atoms with Crippen molar-refractivity contribution < 1.29 is 9.59 Å². The minimum Gasteiger partial charge on any atom is -0.370 e. The number of piperazine rings is 1. The van der Waals surface area contributed by atoms with Gasteiger partial charge in [0.15, 0.2) is 0 Å². The van der Waals surface area contributed by atoms with Gasteiger partial charge >= 0.3 is 6.03 Å². The van der Waals surface area contributed by atoms with E-state index in [1.54, 1.807) is 18.5 Å². The van der Waals surface area contributed by atoms with Crippen molar-refractivity contribution in [2.75, 3.05) is 56.4 Å². The molecule has 0 unspecified atom stereocenters. The fraction of sp³-hybridized carbons (Fsp3) is 0.333. The lowest BCUT2D eigenvalue weighted by atomic mass is 10.1. The maximum absolute atomic E-state index is 12.8. The fourth-order valence-electron chi connectivity index (χ4n) is 4.05. The molecule has 1 aliphatic rings. The topological polar surface area (TPSA) is 123 Å². The molecule has 2 aromatic heterocycles. The number of urea groups is 1. The first-order chi connectivity index (χ1) is 18.1. The molecule has 3 heterocycles. The molecule has 3 amide bonds. The van der Waals surface area contributed by atoms with E-state index in [0.717, 1.165) is 49.5 Å². The molecule has 0 saturated carbocycles. The molecule has 1 fully saturated rings. The first-order valence-corrected chi connectivity index (χ1v) is 12.6. The molecule has 37 heavy (non-hydrogen) atoms. The van der Waals surface area contributed by atoms with Crippen molar-refractivity contribution in [3.8, 4) is 11.3 Å². The van der Waals surface area contributed by atoms with Crippen molar-refractivity contribution in [3.63, 3.8) is 0 Å². The van der Waals surface area contributed by atoms with Crippen LogP contribution in [-0.4, -0.2) is 72.6 Å². The number of anilines is 2. The van der Waals surface area contributed by atoms with Gasteiger partial charge in [0.1, 0.15) is 5.82 Å². The summed E-state index contributed by atoms with van der Waals surface area (Å²) in [5, 5.41) is 15.2. The first kappa shape index (κ1) is 26.1. The lowest BCUT2D eigenvalue weighted by Crippen LogP contribution is -2.46. The van der Waals surface area contributed by atoms with Crippen molar-refractivity contribution >= 4 is 23.4 Å². The second kappa shape index (κ2) is 13.3. The van der Waals surface area contributed by atoms with Gasteiger partial charge in [-0.3, -0.25) is 14.7 Å². The Balaban J connectivity index is 1.34. The molecule has 0 aliphatic carbocycles. The van der Waals surface area contributed by atoms with E-state index in [0.29, 0.717) is 36.7 Å². The number of pyridine rings is 2. The molecule has 1 aromatic carbocycles. The molecule has 0 radical (unpaired) electrons. The molecule has 10 nitrogen and oxygen atoms in total. The standard InChI is InChI=1S/C27H34N8O2/c1-2-30-25-23(26(36)31-14-17-35-15-12-28-13-16-35)9-10-24(34-25)21-5-7-22(8-6-21)33-27(37)32-19-20-4-3-11-29-18-20/h3-11,18,28H,2,12-17,19H2,1H3,(H,30,34)(H,31,36)(H2,32,33,37). The number of aromatic nitrogens is 2. The van der Waals surface area contributed by atoms with Crippen LogP contribution >= 0.6 is 0 Å². The maximum atomic E-state index is 12.8. The Morgan fingerprint density at radius 3 is 2.57 bits per heavy atom. The summed E-state index contributed by atoms with van der Waals surface area (Å²) >= 11 is 0. The molecule has 1 aliphatic heterocycles. The van der Waals surface area contributed by atoms with Crippen LogP contribution in [0.3, 0.4) is 0 Å². The molecule has 0 bridgehead atoms. The van der Waals surface area contributed by atoms with Gasteiger partial charge in [-0.15, -0.1) is 0 Å². The number of hydrogen-bond acceptors (Lipinski definition) is 7. The van der Waals surface area contributed by atoms with Crippen LogP contribution in [0.1, 0.15) is 22.8 Å². The summed E-state index contributed by atoms with van der Waals surface area (Å²) in [7, 11) is 0. The van der Waals surface area contributed by atoms with Gasteiger partial charge < -0.3 is 26.6 Å². The molecule has 0 spiro atoms. The van der Waals surface area contributed by atoms with Crippen LogP contribution in [0.25, 0.3) is 11.3 Å². The smallest absolute Gasteiger partial charge is 0.319 e. The summed E-state index contributed by atoms with van der Waals surface area (Å²) in [6.07, 6.45) is 3.41. The molecule has 1 saturated heterocycles. The van der Waals surface area contributed by atoms with Gasteiger partial charge in [0.05, 0.1) is 11.3 Å². The number of nitrogens with zero attached hydrogens (tertiary/aromatic N) is 3. The number of nitrogens with one attached hydrogen (secondary N) is 5. The second-order valence-corrected chi connectivity index (χ2v) is 8.72. The van der Waals surface area contributed by atoms with Crippen LogP contribution in [0.4, 0.5) is 16.3 Å². The Morgan fingerprint density at radius 1 is 1.03 bits per heavy atom. The average molecular weight is 503 g/mol. The lowest BCUT2D eigenvalue weighted by molar-refractivity contribution is 0.0947. The normalized spacial score (nSPS) is 13.5. The number of hydrogen-bond donors (Lipinski definition) is 5. The Hall–Kier alpha value is -4.02. The van der Waals surface area contributed by atoms with Gasteiger partial charge in [0, 0.05) is 76.0 Å². The quantitative estimate of drug-likeness (QED) is 0.289. The molecule has 5 N–H and O–H groups in total. The summed E-state index contributed by atoms with van der Waals surface area (Å²) in [4.78, 5) is 36.2. The predicted octanol–water partition coefficient (Wildman–Crippen LogP) is 2.53. The number of amides is 3. The number of carbonyl (C=O) groups excluding carboxylic acids is 2. The van der Waals surface area contributed by atoms with Gasteiger partial charge in [0.25, 0.3) is 5.91 Å². The Bertz CT molecular complexity index is 1160. The van der Waals surface area contributed by atoms with E-state index in [-0.39, 0.29) is 11.9 Å². The van der Waals surface area contributed by atoms with Crippen LogP contribution in [-0.2, 0) is 6.54 Å². The van der Waals surface area contributed by atoms with Gasteiger partial charge in [-0.05, 0) is 42.8 Å². The first-order valence-electron chi connectivity index (χ1n) is 12.6. The third-order valence-corrected chi connectivity index (χ3v) is 6.02. The Labute approximate surface area is 217 Å². The predicted molar refractivity (Wildman–Crippen MR) is 146 cm³/mol. The van der Waals surface area contributed by atoms with Gasteiger partial charge in [-0.25, -0.2) is 9.78 Å². The summed E-state index contributed by atoms with van der Waals surface area (Å²) in [6, 6.07) is 14.5. The SMILES string of the molecule is CCNc1nc(-c2ccc(NC(=O)NCc3cccnc3)cc2)ccc1C(=O)NCCN1CCNCC1. The van der Waals surface area contributed by atoms with Gasteiger partial charge in [-0.1, -0.05) is 18.2 Å². The van der Waals surface area contributed by atoms with E-state index in [4.69, 9.17) is 4.98 Å². The van der Waals surface area contributed by atoms with Crippen LogP contribution in [0.2, 0.25) is 0 Å². The van der Waals surface area contributed by atoms with E-state index in [2.05, 4.69) is 36.5 Å². The molecular weight excluding hydrogens is 468 g/mol. The maximum Gasteiger partial charge on any atom is 0.319 e. The summed E-state index contributed by atoms with van der Waals surface area (Å²) < 4.78 is 0. The molecule has 10 heteroatoms. The fourth-order valence-corrected chi connectivity index (χ4v) is 4.05. The molecular formula is C27H34N8O2. The minimum atomic E-state index is -0.295. The molecule has 3 aromatic rings. The van der Waals surface area contributed by atoms with Crippen LogP contribution in [0, 0.1) is 0 Å². The molecule has 194 valence electrons. The molecule has 4 rings (SSSR count). The highest BCUT2D eigenvalue weighted by Crippen LogP contribution is 2.23. The third-order valence-electron chi connectivity index (χ3n) is 6.02. The van der Waals surface area contributed by atoms with Crippen molar-refractivity contribution in [3.05, 3.63) is 72.1 Å². The van der Waals surface area contributed by atoms with Crippen molar-refractivity contribution in [2.45, 2.75) is 13.5 Å². The third kappa shape index (κ3) is 7.73. The second-order valence-electron chi connectivity index (χ2n) is 8.72. The van der Waals surface area contributed by atoms with Gasteiger partial charge in [-0.2, -0.15) is 0 Å². The monoisotopic (exact) mass is 502 g/mol. The van der Waals surface area contributed by atoms with Crippen LogP contribution < -0.4 is 26.6 Å². The largest absolute Gasteiger partial charge is 0.370 e. The van der Waals surface area contributed by atoms with Crippen molar-refractivity contribution in [1.29, 1.82) is 0 Å². The lowest BCUT2D eigenvalue weighted by Gasteiger charge is -2.27. The van der Waals surface area contributed by atoms with Crippen molar-refractivity contribution in [1.82, 2.24) is 30.8 Å². The Kier molecular flexibility index (Phi) is 9.39. The van der Waals surface area contributed by atoms with Crippen molar-refractivity contribution in [2.24, 2.45) is 0 Å². The zero-order chi connectivity index (χ0) is 25.9. The summed E-state index contributed by atoms with van der Waals surface area (Å²) in [5.74, 6) is 0.415. The van der Waals surface area contributed by atoms with Crippen LogP contribution in [0.5, 0.6) is 0 Å². The van der Waals surface area contributed by atoms with E-state index in [1.165, 1.54) is 0 Å². The Morgan fingerprint density at radius 2 is 1.84 bits per heavy atom. The van der Waals surface area contributed by atoms with E-state index < -0.39 is 0 Å². The van der Waals surface area contributed by atoms with E-state index in [9.17, 15) is 9.59 Å². The minimum absolute atomic E-state index is 0.137. The summed E-state index contributed by atoms with van der Waals surface area (Å²) in [5.41, 5.74) is 3.73. The highest BCUT2D eigenvalue weighted by atomic mass is 16.2. The van der Waals surface area contributed by atoms with Gasteiger partial charge in [0.2, 0.25) is 0 Å². The highest BCUT2D eigenvalue weighted by molar-refractivity contribution is 5.99. The van der Waals surface area contributed by atoms with E-state index >= 15 is 0 Å². The number of benzene rings is 1.